The number of hydrogen-bond donors (Lipinski definition) is 5. The summed E-state index contributed by atoms with van der Waals surface area (Å²) < 4.78 is 1.71. The van der Waals surface area contributed by atoms with Crippen LogP contribution in [0.15, 0.2) is 30.6 Å². The Hall–Kier alpha value is -4.25. The molecule has 0 fully saturated rings. The maximum atomic E-state index is 11.8. The molecule has 4 aromatic rings. The van der Waals surface area contributed by atoms with E-state index in [1.54, 1.807) is 17.1 Å². The third-order valence-corrected chi connectivity index (χ3v) is 6.89. The zero-order chi connectivity index (χ0) is 25.2. The summed E-state index contributed by atoms with van der Waals surface area (Å²) in [4.78, 5) is 25.5. The second-order valence-corrected chi connectivity index (χ2v) is 9.89. The van der Waals surface area contributed by atoms with E-state index in [1.165, 1.54) is 0 Å². The summed E-state index contributed by atoms with van der Waals surface area (Å²) in [5.41, 5.74) is 10.7. The maximum Gasteiger partial charge on any atom is 0.241 e. The maximum absolute atomic E-state index is 11.8. The number of rotatable bonds is 3. The van der Waals surface area contributed by atoms with Gasteiger partial charge in [0.25, 0.3) is 0 Å². The van der Waals surface area contributed by atoms with Crippen LogP contribution in [-0.2, 0) is 17.8 Å². The lowest BCUT2D eigenvalue weighted by molar-refractivity contribution is -0.121. The number of fused-ring (bicyclic) bond motifs is 3. The molecule has 4 aromatic heterocycles. The molecule has 11 heteroatoms. The predicted octanol–water partition coefficient (Wildman–Crippen LogP) is 2.43. The first-order valence-electron chi connectivity index (χ1n) is 11.8. The fraction of sp³-hybridized carbons (Fsp3) is 0.320. The van der Waals surface area contributed by atoms with Crippen LogP contribution in [0.1, 0.15) is 36.9 Å². The third-order valence-electron chi connectivity index (χ3n) is 6.89. The predicted molar refractivity (Wildman–Crippen MR) is 137 cm³/mol. The third kappa shape index (κ3) is 3.59. The first-order chi connectivity index (χ1) is 17.2. The van der Waals surface area contributed by atoms with Crippen molar-refractivity contribution in [3.05, 3.63) is 47.5 Å². The van der Waals surface area contributed by atoms with Crippen LogP contribution < -0.4 is 21.7 Å². The molecule has 2 aliphatic rings. The normalized spacial score (nSPS) is 18.2. The lowest BCUT2D eigenvalue weighted by atomic mass is 9.98. The lowest BCUT2D eigenvalue weighted by Crippen LogP contribution is -2.32. The van der Waals surface area contributed by atoms with E-state index in [4.69, 9.17) is 5.73 Å². The number of nitrogens with two attached hydrogens (primary N) is 1. The largest absolute Gasteiger partial charge is 0.384 e. The minimum Gasteiger partial charge on any atom is -0.384 e. The van der Waals surface area contributed by atoms with Gasteiger partial charge in [-0.05, 0) is 43.9 Å². The first kappa shape index (κ1) is 22.2. The highest BCUT2D eigenvalue weighted by molar-refractivity contribution is 5.95. The summed E-state index contributed by atoms with van der Waals surface area (Å²) in [6.07, 6.45) is 3.45. The second kappa shape index (κ2) is 7.89. The lowest BCUT2D eigenvalue weighted by Gasteiger charge is -2.22. The highest BCUT2D eigenvalue weighted by Crippen LogP contribution is 2.43. The number of hydrogen-bond acceptors (Lipinski definition) is 9. The van der Waals surface area contributed by atoms with Gasteiger partial charge in [-0.25, -0.2) is 9.97 Å². The summed E-state index contributed by atoms with van der Waals surface area (Å²) in [6, 6.07) is 5.79. The van der Waals surface area contributed by atoms with Gasteiger partial charge in [0.2, 0.25) is 5.91 Å². The van der Waals surface area contributed by atoms with Crippen LogP contribution in [-0.4, -0.2) is 47.8 Å². The van der Waals surface area contributed by atoms with Crippen molar-refractivity contribution < 1.29 is 9.90 Å². The fourth-order valence-corrected chi connectivity index (χ4v) is 4.87. The molecule has 11 nitrogen and oxygen atoms in total. The van der Waals surface area contributed by atoms with E-state index in [0.717, 1.165) is 33.3 Å². The number of nitrogens with zero attached hydrogens (tertiary/aromatic N) is 5. The van der Waals surface area contributed by atoms with Crippen molar-refractivity contribution in [3.8, 4) is 11.3 Å². The number of aliphatic hydroxyl groups is 1. The number of amides is 1. The van der Waals surface area contributed by atoms with Gasteiger partial charge in [0.1, 0.15) is 24.3 Å². The van der Waals surface area contributed by atoms with E-state index in [2.05, 4.69) is 36.0 Å². The fourth-order valence-electron chi connectivity index (χ4n) is 4.87. The number of carbonyl (C=O) groups is 1. The first-order valence-corrected chi connectivity index (χ1v) is 11.8. The Morgan fingerprint density at radius 3 is 2.86 bits per heavy atom. The smallest absolute Gasteiger partial charge is 0.241 e. The van der Waals surface area contributed by atoms with Crippen LogP contribution in [0.2, 0.25) is 0 Å². The minimum absolute atomic E-state index is 0.0488. The molecule has 0 spiro atoms. The van der Waals surface area contributed by atoms with Gasteiger partial charge in [0, 0.05) is 48.1 Å². The van der Waals surface area contributed by atoms with Gasteiger partial charge in [-0.3, -0.25) is 14.5 Å². The highest BCUT2D eigenvalue weighted by Gasteiger charge is 2.40. The van der Waals surface area contributed by atoms with Crippen molar-refractivity contribution in [1.29, 1.82) is 0 Å². The molecule has 0 radical (unpaired) electrons. The average Bonchev–Trinajstić information content (AvgIpc) is 3.24. The van der Waals surface area contributed by atoms with Crippen molar-refractivity contribution in [2.45, 2.75) is 45.4 Å². The molecule has 1 amide bonds. The number of carbonyl (C=O) groups excluding carboxylic acids is 1. The van der Waals surface area contributed by atoms with Gasteiger partial charge < -0.3 is 26.8 Å². The molecule has 6 rings (SSSR count). The average molecular weight is 486 g/mol. The van der Waals surface area contributed by atoms with E-state index in [-0.39, 0.29) is 12.5 Å². The van der Waals surface area contributed by atoms with E-state index < -0.39 is 11.6 Å². The van der Waals surface area contributed by atoms with E-state index in [0.29, 0.717) is 41.8 Å². The Balaban J connectivity index is 1.35. The molecule has 0 unspecified atom stereocenters. The van der Waals surface area contributed by atoms with Crippen LogP contribution in [0.3, 0.4) is 0 Å². The number of nitrogens with one attached hydrogen (secondary N) is 3. The van der Waals surface area contributed by atoms with Crippen LogP contribution in [0.4, 0.5) is 23.1 Å². The number of aliphatic hydroxyl groups excluding tert-OH is 1. The van der Waals surface area contributed by atoms with Crippen LogP contribution in [0, 0.1) is 6.92 Å². The number of pyridine rings is 3. The number of anilines is 4. The zero-order valence-corrected chi connectivity index (χ0v) is 20.3. The molecular formula is C25H27N9O2. The van der Waals surface area contributed by atoms with Gasteiger partial charge in [0.15, 0.2) is 5.82 Å². The highest BCUT2D eigenvalue weighted by atomic mass is 16.3. The summed E-state index contributed by atoms with van der Waals surface area (Å²) in [5.74, 6) is 1.55. The minimum atomic E-state index is -0.693. The van der Waals surface area contributed by atoms with Crippen molar-refractivity contribution >= 4 is 39.8 Å². The summed E-state index contributed by atoms with van der Waals surface area (Å²) in [7, 11) is 0. The van der Waals surface area contributed by atoms with Gasteiger partial charge >= 0.3 is 0 Å². The molecule has 0 aromatic carbocycles. The Bertz CT molecular complexity index is 1540. The van der Waals surface area contributed by atoms with Crippen molar-refractivity contribution in [1.82, 2.24) is 30.0 Å². The Labute approximate surface area is 207 Å². The monoisotopic (exact) mass is 485 g/mol. The van der Waals surface area contributed by atoms with E-state index in [1.807, 2.05) is 39.0 Å². The standard InChI is InChI=1S/C25H27N9O2/c1-12-15(9-29-22-21(12)32-25(2,3)23(22)36)17-6-13-7-18(28-10-16(13)24(26)30-17)31-19-8-14-4-5-27-20(35)11-34(14)33-19/h6-10,23,32,36H,4-5,11H2,1-3H3,(H2,26,30)(H,27,35)(H,28,31,33)/t23-/m1/s1. The molecule has 0 saturated heterocycles. The Morgan fingerprint density at radius 1 is 1.19 bits per heavy atom. The summed E-state index contributed by atoms with van der Waals surface area (Å²) >= 11 is 0. The molecule has 1 atom stereocenters. The molecule has 6 N–H and O–H groups in total. The Kier molecular flexibility index (Phi) is 4.87. The quantitative estimate of drug-likeness (QED) is 0.294. The van der Waals surface area contributed by atoms with Gasteiger partial charge in [0.05, 0.1) is 22.6 Å². The number of nitrogen functional groups attached to an aromatic ring is 1. The number of aromatic nitrogens is 5. The summed E-state index contributed by atoms with van der Waals surface area (Å²) in [5, 5.41) is 26.2. The van der Waals surface area contributed by atoms with Gasteiger partial charge in [-0.15, -0.1) is 0 Å². The summed E-state index contributed by atoms with van der Waals surface area (Å²) in [6.45, 7) is 6.67. The molecule has 0 saturated carbocycles. The van der Waals surface area contributed by atoms with Crippen molar-refractivity contribution in [3.63, 3.8) is 0 Å². The topological polar surface area (TPSA) is 156 Å². The van der Waals surface area contributed by atoms with Crippen molar-refractivity contribution in [2.75, 3.05) is 22.9 Å². The van der Waals surface area contributed by atoms with Gasteiger partial charge in [-0.2, -0.15) is 5.10 Å². The molecule has 0 aliphatic carbocycles. The molecule has 6 heterocycles. The van der Waals surface area contributed by atoms with E-state index in [9.17, 15) is 9.90 Å². The second-order valence-electron chi connectivity index (χ2n) is 9.89. The van der Waals surface area contributed by atoms with Crippen LogP contribution in [0.25, 0.3) is 22.0 Å². The SMILES string of the molecule is Cc1c(-c2cc3cc(Nc4cc5n(n4)CC(=O)NCC5)ncc3c(N)n2)cnc2c1NC(C)(C)[C@@H]2O. The van der Waals surface area contributed by atoms with Crippen LogP contribution >= 0.6 is 0 Å². The molecule has 0 bridgehead atoms. The molecule has 36 heavy (non-hydrogen) atoms. The Morgan fingerprint density at radius 2 is 2.03 bits per heavy atom. The van der Waals surface area contributed by atoms with Crippen LogP contribution in [0.5, 0.6) is 0 Å². The van der Waals surface area contributed by atoms with Gasteiger partial charge in [-0.1, -0.05) is 0 Å². The van der Waals surface area contributed by atoms with Crippen molar-refractivity contribution in [2.24, 2.45) is 0 Å². The zero-order valence-electron chi connectivity index (χ0n) is 20.3. The molecular weight excluding hydrogens is 458 g/mol. The molecule has 184 valence electrons. The van der Waals surface area contributed by atoms with E-state index >= 15 is 0 Å². The molecule has 2 aliphatic heterocycles.